The van der Waals surface area contributed by atoms with Crippen LogP contribution in [0, 0.1) is 5.41 Å². The molecule has 0 heterocycles. The number of aldehydes is 1. The van der Waals surface area contributed by atoms with Crippen molar-refractivity contribution in [1.82, 2.24) is 0 Å². The van der Waals surface area contributed by atoms with Crippen molar-refractivity contribution in [1.29, 1.82) is 0 Å². The molecule has 1 aromatic carbocycles. The van der Waals surface area contributed by atoms with Crippen LogP contribution in [0.1, 0.15) is 61.0 Å². The van der Waals surface area contributed by atoms with Gasteiger partial charge in [0.25, 0.3) is 0 Å². The molecule has 2 rings (SSSR count). The van der Waals surface area contributed by atoms with Gasteiger partial charge in [0.1, 0.15) is 6.29 Å². The first-order valence-electron chi connectivity index (χ1n) is 6.10. The zero-order chi connectivity index (χ0) is 11.8. The minimum absolute atomic E-state index is 0.317. The summed E-state index contributed by atoms with van der Waals surface area (Å²) in [5.41, 5.74) is 3.98. The summed E-state index contributed by atoms with van der Waals surface area (Å²) in [6, 6.07) is 6.18. The highest BCUT2D eigenvalue weighted by molar-refractivity contribution is 5.75. The molecule has 0 aliphatic heterocycles. The van der Waals surface area contributed by atoms with Gasteiger partial charge in [-0.2, -0.15) is 0 Å². The largest absolute Gasteiger partial charge is 0.298 e. The minimum Gasteiger partial charge on any atom is -0.298 e. The van der Waals surface area contributed by atoms with Gasteiger partial charge in [-0.1, -0.05) is 32.9 Å². The Balaban J connectivity index is 2.44. The quantitative estimate of drug-likeness (QED) is 0.649. The van der Waals surface area contributed by atoms with Gasteiger partial charge < -0.3 is 0 Å². The Kier molecular flexibility index (Phi) is 2.88. The van der Waals surface area contributed by atoms with Gasteiger partial charge in [-0.3, -0.25) is 4.79 Å². The highest BCUT2D eigenvalue weighted by Crippen LogP contribution is 2.43. The molecule has 0 spiro atoms. The van der Waals surface area contributed by atoms with Crippen LogP contribution >= 0.6 is 0 Å². The summed E-state index contributed by atoms with van der Waals surface area (Å²) in [5, 5.41) is 0. The lowest BCUT2D eigenvalue weighted by Gasteiger charge is -2.36. The number of aryl methyl sites for hydroxylation is 1. The standard InChI is InChI=1S/C15H20O/c1-15(2,3)14-6-4-5-12-9-11(10-16)7-8-13(12)14/h7-10,14H,4-6H2,1-3H3/t14-/m0/s1. The van der Waals surface area contributed by atoms with Crippen molar-refractivity contribution in [2.75, 3.05) is 0 Å². The molecule has 86 valence electrons. The fraction of sp³-hybridized carbons (Fsp3) is 0.533. The maximum absolute atomic E-state index is 10.8. The second-order valence-electron chi connectivity index (χ2n) is 5.89. The Labute approximate surface area is 97.9 Å². The van der Waals surface area contributed by atoms with Crippen LogP contribution in [0.25, 0.3) is 0 Å². The molecule has 0 unspecified atom stereocenters. The number of hydrogen-bond acceptors (Lipinski definition) is 1. The number of rotatable bonds is 1. The highest BCUT2D eigenvalue weighted by atomic mass is 16.1. The van der Waals surface area contributed by atoms with Crippen molar-refractivity contribution in [3.05, 3.63) is 34.9 Å². The summed E-state index contributed by atoms with van der Waals surface area (Å²) in [4.78, 5) is 10.8. The first kappa shape index (κ1) is 11.4. The third kappa shape index (κ3) is 2.04. The van der Waals surface area contributed by atoms with E-state index in [1.807, 2.05) is 6.07 Å². The first-order valence-corrected chi connectivity index (χ1v) is 6.10. The van der Waals surface area contributed by atoms with Crippen molar-refractivity contribution in [3.8, 4) is 0 Å². The van der Waals surface area contributed by atoms with Gasteiger partial charge in [0, 0.05) is 5.56 Å². The third-order valence-corrected chi connectivity index (χ3v) is 3.66. The lowest BCUT2D eigenvalue weighted by molar-refractivity contribution is 0.112. The van der Waals surface area contributed by atoms with Crippen molar-refractivity contribution >= 4 is 6.29 Å². The third-order valence-electron chi connectivity index (χ3n) is 3.66. The monoisotopic (exact) mass is 216 g/mol. The summed E-state index contributed by atoms with van der Waals surface area (Å²) in [6.45, 7) is 6.92. The van der Waals surface area contributed by atoms with Crippen LogP contribution in [0.15, 0.2) is 18.2 Å². The number of carbonyl (C=O) groups is 1. The average molecular weight is 216 g/mol. The SMILES string of the molecule is CC(C)(C)[C@H]1CCCc2cc(C=O)ccc21. The van der Waals surface area contributed by atoms with E-state index in [0.717, 1.165) is 18.3 Å². The molecule has 0 N–H and O–H groups in total. The van der Waals surface area contributed by atoms with Crippen molar-refractivity contribution in [2.45, 2.75) is 46.0 Å². The Bertz CT molecular complexity index is 398. The predicted molar refractivity (Wildman–Crippen MR) is 67.0 cm³/mol. The summed E-state index contributed by atoms with van der Waals surface area (Å²) in [5.74, 6) is 0.636. The highest BCUT2D eigenvalue weighted by Gasteiger charge is 2.30. The normalized spacial score (nSPS) is 20.3. The van der Waals surface area contributed by atoms with E-state index in [2.05, 4.69) is 32.9 Å². The molecule has 1 aliphatic carbocycles. The van der Waals surface area contributed by atoms with E-state index in [1.165, 1.54) is 24.0 Å². The smallest absolute Gasteiger partial charge is 0.150 e. The van der Waals surface area contributed by atoms with Gasteiger partial charge in [-0.25, -0.2) is 0 Å². The average Bonchev–Trinajstić information content (AvgIpc) is 2.26. The fourth-order valence-corrected chi connectivity index (χ4v) is 2.81. The van der Waals surface area contributed by atoms with Crippen LogP contribution in [0.3, 0.4) is 0 Å². The molecule has 1 atom stereocenters. The summed E-state index contributed by atoms with van der Waals surface area (Å²) >= 11 is 0. The maximum Gasteiger partial charge on any atom is 0.150 e. The van der Waals surface area contributed by atoms with Crippen LogP contribution in [-0.4, -0.2) is 6.29 Å². The number of carbonyl (C=O) groups excluding carboxylic acids is 1. The summed E-state index contributed by atoms with van der Waals surface area (Å²) in [7, 11) is 0. The van der Waals surface area contributed by atoms with Gasteiger partial charge in [-0.15, -0.1) is 0 Å². The molecule has 1 heteroatoms. The van der Waals surface area contributed by atoms with E-state index < -0.39 is 0 Å². The second kappa shape index (κ2) is 4.04. The second-order valence-corrected chi connectivity index (χ2v) is 5.89. The Morgan fingerprint density at radius 1 is 1.31 bits per heavy atom. The summed E-state index contributed by atoms with van der Waals surface area (Å²) < 4.78 is 0. The molecule has 0 saturated carbocycles. The molecule has 0 aromatic heterocycles. The number of hydrogen-bond donors (Lipinski definition) is 0. The van der Waals surface area contributed by atoms with Gasteiger partial charge in [-0.05, 0) is 47.8 Å². The Hall–Kier alpha value is -1.11. The van der Waals surface area contributed by atoms with Crippen LogP contribution in [0.4, 0.5) is 0 Å². The summed E-state index contributed by atoms with van der Waals surface area (Å²) in [6.07, 6.45) is 4.60. The van der Waals surface area contributed by atoms with Gasteiger partial charge >= 0.3 is 0 Å². The molecule has 1 aliphatic rings. The van der Waals surface area contributed by atoms with E-state index >= 15 is 0 Å². The first-order chi connectivity index (χ1) is 7.52. The van der Waals surface area contributed by atoms with Gasteiger partial charge in [0.05, 0.1) is 0 Å². The predicted octanol–water partition coefficient (Wildman–Crippen LogP) is 3.97. The maximum atomic E-state index is 10.8. The molecular weight excluding hydrogens is 196 g/mol. The van der Waals surface area contributed by atoms with E-state index in [4.69, 9.17) is 0 Å². The molecular formula is C15H20O. The topological polar surface area (TPSA) is 17.1 Å². The minimum atomic E-state index is 0.317. The van der Waals surface area contributed by atoms with E-state index in [1.54, 1.807) is 0 Å². The molecule has 16 heavy (non-hydrogen) atoms. The van der Waals surface area contributed by atoms with Gasteiger partial charge in [0.2, 0.25) is 0 Å². The van der Waals surface area contributed by atoms with Crippen molar-refractivity contribution < 1.29 is 4.79 Å². The van der Waals surface area contributed by atoms with Crippen LogP contribution in [0.2, 0.25) is 0 Å². The van der Waals surface area contributed by atoms with Crippen LogP contribution < -0.4 is 0 Å². The molecule has 1 aromatic rings. The molecule has 0 radical (unpaired) electrons. The lowest BCUT2D eigenvalue weighted by Crippen LogP contribution is -2.23. The lowest BCUT2D eigenvalue weighted by atomic mass is 9.69. The van der Waals surface area contributed by atoms with E-state index in [0.29, 0.717) is 11.3 Å². The molecule has 1 nitrogen and oxygen atoms in total. The van der Waals surface area contributed by atoms with Crippen molar-refractivity contribution in [3.63, 3.8) is 0 Å². The van der Waals surface area contributed by atoms with Crippen LogP contribution in [-0.2, 0) is 6.42 Å². The Morgan fingerprint density at radius 2 is 2.06 bits per heavy atom. The molecule has 0 amide bonds. The van der Waals surface area contributed by atoms with Crippen molar-refractivity contribution in [2.24, 2.45) is 5.41 Å². The fourth-order valence-electron chi connectivity index (χ4n) is 2.81. The number of benzene rings is 1. The Morgan fingerprint density at radius 3 is 2.69 bits per heavy atom. The molecule has 0 saturated heterocycles. The van der Waals surface area contributed by atoms with E-state index in [9.17, 15) is 4.79 Å². The zero-order valence-electron chi connectivity index (χ0n) is 10.4. The van der Waals surface area contributed by atoms with E-state index in [-0.39, 0.29) is 0 Å². The zero-order valence-corrected chi connectivity index (χ0v) is 10.4. The van der Waals surface area contributed by atoms with Gasteiger partial charge in [0.15, 0.2) is 0 Å². The molecule has 0 fully saturated rings. The van der Waals surface area contributed by atoms with Crippen LogP contribution in [0.5, 0.6) is 0 Å². The molecule has 0 bridgehead atoms. The number of fused-ring (bicyclic) bond motifs is 1.